The number of hydrogen-bond donors (Lipinski definition) is 2. The molecule has 3 N–H and O–H groups in total. The summed E-state index contributed by atoms with van der Waals surface area (Å²) in [6.07, 6.45) is 0. The fourth-order valence-corrected chi connectivity index (χ4v) is 3.00. The fourth-order valence-electron chi connectivity index (χ4n) is 2.84. The van der Waals surface area contributed by atoms with Gasteiger partial charge in [0, 0.05) is 5.56 Å². The van der Waals surface area contributed by atoms with E-state index in [4.69, 9.17) is 17.3 Å². The Morgan fingerprint density at radius 3 is 2.04 bits per heavy atom. The van der Waals surface area contributed by atoms with Crippen molar-refractivity contribution in [2.45, 2.75) is 52.4 Å². The molecule has 5 nitrogen and oxygen atoms in total. The van der Waals surface area contributed by atoms with Crippen LogP contribution in [0.15, 0.2) is 24.3 Å². The zero-order chi connectivity index (χ0) is 19.4. The molecule has 0 aliphatic rings. The molecule has 26 heavy (non-hydrogen) atoms. The Kier molecular flexibility index (Phi) is 4.19. The van der Waals surface area contributed by atoms with Gasteiger partial charge in [-0.3, -0.25) is 0 Å². The van der Waals surface area contributed by atoms with Crippen molar-refractivity contribution in [3.05, 3.63) is 40.4 Å². The van der Waals surface area contributed by atoms with Crippen molar-refractivity contribution in [1.82, 2.24) is 15.0 Å². The number of fused-ring (bicyclic) bond motifs is 1. The van der Waals surface area contributed by atoms with E-state index < -0.39 is 0 Å². The first-order valence-electron chi connectivity index (χ1n) is 8.58. The second-order valence-electron chi connectivity index (χ2n) is 8.74. The van der Waals surface area contributed by atoms with Gasteiger partial charge >= 0.3 is 0 Å². The van der Waals surface area contributed by atoms with E-state index in [9.17, 15) is 5.11 Å². The van der Waals surface area contributed by atoms with Crippen LogP contribution in [0, 0.1) is 0 Å². The largest absolute Gasteiger partial charge is 0.505 e. The van der Waals surface area contributed by atoms with Crippen molar-refractivity contribution in [2.24, 2.45) is 0 Å². The van der Waals surface area contributed by atoms with Gasteiger partial charge in [0.2, 0.25) is 0 Å². The fraction of sp³-hybridized carbons (Fsp3) is 0.400. The van der Waals surface area contributed by atoms with Gasteiger partial charge in [-0.05, 0) is 34.6 Å². The van der Waals surface area contributed by atoms with Crippen molar-refractivity contribution in [2.75, 3.05) is 5.73 Å². The summed E-state index contributed by atoms with van der Waals surface area (Å²) in [7, 11) is 0. The standard InChI is InChI=1S/C20H25ClN4O/c1-19(2,3)11-7-12(20(4,5)6)18(26)17(8-11)25-23-15-9-13(21)14(22)10-16(15)24-25/h7-10,26H,22H2,1-6H3. The maximum absolute atomic E-state index is 11.0. The number of benzene rings is 2. The van der Waals surface area contributed by atoms with Crippen LogP contribution in [0.2, 0.25) is 5.02 Å². The van der Waals surface area contributed by atoms with Gasteiger partial charge in [-0.2, -0.15) is 0 Å². The number of phenols is 1. The molecular formula is C20H25ClN4O. The minimum atomic E-state index is -0.222. The van der Waals surface area contributed by atoms with E-state index in [1.54, 1.807) is 12.1 Å². The van der Waals surface area contributed by atoms with Crippen LogP contribution < -0.4 is 5.73 Å². The maximum atomic E-state index is 11.0. The first-order chi connectivity index (χ1) is 11.9. The normalized spacial score (nSPS) is 12.7. The molecule has 0 aliphatic carbocycles. The van der Waals surface area contributed by atoms with Crippen molar-refractivity contribution in [3.8, 4) is 11.4 Å². The van der Waals surface area contributed by atoms with Gasteiger partial charge in [0.1, 0.15) is 22.5 Å². The minimum absolute atomic E-state index is 0.0806. The highest BCUT2D eigenvalue weighted by Crippen LogP contribution is 2.39. The number of nitrogens with two attached hydrogens (primary N) is 1. The van der Waals surface area contributed by atoms with Crippen LogP contribution in [-0.4, -0.2) is 20.1 Å². The predicted octanol–water partition coefficient (Wildman–Crippen LogP) is 4.96. The van der Waals surface area contributed by atoms with Crippen LogP contribution in [-0.2, 0) is 10.8 Å². The number of phenolic OH excluding ortho intramolecular Hbond substituents is 1. The molecule has 0 aliphatic heterocycles. The third kappa shape index (κ3) is 3.23. The quantitative estimate of drug-likeness (QED) is 0.592. The lowest BCUT2D eigenvalue weighted by Crippen LogP contribution is -2.18. The number of nitrogens with zero attached hydrogens (tertiary/aromatic N) is 3. The van der Waals surface area contributed by atoms with Gasteiger partial charge in [0.25, 0.3) is 0 Å². The topological polar surface area (TPSA) is 77.0 Å². The Balaban J connectivity index is 2.30. The van der Waals surface area contributed by atoms with Crippen LogP contribution in [0.3, 0.4) is 0 Å². The second kappa shape index (κ2) is 5.88. The average Bonchev–Trinajstić information content (AvgIpc) is 2.88. The zero-order valence-corrected chi connectivity index (χ0v) is 16.8. The lowest BCUT2D eigenvalue weighted by atomic mass is 9.80. The molecule has 0 bridgehead atoms. The van der Waals surface area contributed by atoms with E-state index in [2.05, 4.69) is 57.8 Å². The summed E-state index contributed by atoms with van der Waals surface area (Å²) in [5.41, 5.74) is 9.79. The van der Waals surface area contributed by atoms with Crippen molar-refractivity contribution >= 4 is 28.3 Å². The molecule has 0 radical (unpaired) electrons. The van der Waals surface area contributed by atoms with Gasteiger partial charge in [-0.1, -0.05) is 59.2 Å². The van der Waals surface area contributed by atoms with Crippen molar-refractivity contribution < 1.29 is 5.11 Å². The molecule has 0 spiro atoms. The summed E-state index contributed by atoms with van der Waals surface area (Å²) < 4.78 is 0. The maximum Gasteiger partial charge on any atom is 0.146 e. The van der Waals surface area contributed by atoms with Gasteiger partial charge in [-0.25, -0.2) is 0 Å². The minimum Gasteiger partial charge on any atom is -0.505 e. The zero-order valence-electron chi connectivity index (χ0n) is 16.1. The number of anilines is 1. The number of aromatic hydroxyl groups is 1. The van der Waals surface area contributed by atoms with E-state index in [0.29, 0.717) is 27.4 Å². The summed E-state index contributed by atoms with van der Waals surface area (Å²) in [6, 6.07) is 7.38. The lowest BCUT2D eigenvalue weighted by Gasteiger charge is -2.27. The number of rotatable bonds is 1. The Morgan fingerprint density at radius 2 is 1.50 bits per heavy atom. The molecule has 0 fully saturated rings. The molecule has 0 saturated carbocycles. The molecule has 0 amide bonds. The molecule has 3 rings (SSSR count). The van der Waals surface area contributed by atoms with Crippen LogP contribution in [0.1, 0.15) is 52.7 Å². The molecule has 3 aromatic rings. The van der Waals surface area contributed by atoms with E-state index >= 15 is 0 Å². The number of nitrogen functional groups attached to an aromatic ring is 1. The van der Waals surface area contributed by atoms with E-state index in [1.807, 2.05) is 6.07 Å². The van der Waals surface area contributed by atoms with Crippen LogP contribution in [0.4, 0.5) is 5.69 Å². The lowest BCUT2D eigenvalue weighted by molar-refractivity contribution is 0.438. The van der Waals surface area contributed by atoms with Crippen LogP contribution in [0.25, 0.3) is 16.7 Å². The molecule has 0 atom stereocenters. The Labute approximate surface area is 158 Å². The summed E-state index contributed by atoms with van der Waals surface area (Å²) >= 11 is 6.09. The van der Waals surface area contributed by atoms with Crippen LogP contribution in [0.5, 0.6) is 5.75 Å². The Bertz CT molecular complexity index is 955. The third-order valence-electron chi connectivity index (χ3n) is 4.48. The monoisotopic (exact) mass is 372 g/mol. The molecule has 0 unspecified atom stereocenters. The number of halogens is 1. The molecule has 0 saturated heterocycles. The van der Waals surface area contributed by atoms with Gasteiger partial charge < -0.3 is 10.8 Å². The van der Waals surface area contributed by atoms with Gasteiger partial charge in [-0.15, -0.1) is 15.0 Å². The Hall–Kier alpha value is -2.27. The molecule has 1 heterocycles. The van der Waals surface area contributed by atoms with E-state index in [1.165, 1.54) is 4.80 Å². The SMILES string of the molecule is CC(C)(C)c1cc(-n2nc3cc(N)c(Cl)cc3n2)c(O)c(C(C)(C)C)c1. The number of hydrogen-bond acceptors (Lipinski definition) is 4. The van der Waals surface area contributed by atoms with Crippen LogP contribution >= 0.6 is 11.6 Å². The van der Waals surface area contributed by atoms with Crippen molar-refractivity contribution in [3.63, 3.8) is 0 Å². The summed E-state index contributed by atoms with van der Waals surface area (Å²) in [4.78, 5) is 1.46. The third-order valence-corrected chi connectivity index (χ3v) is 4.81. The van der Waals surface area contributed by atoms with E-state index in [0.717, 1.165) is 11.1 Å². The number of aromatic nitrogens is 3. The summed E-state index contributed by atoms with van der Waals surface area (Å²) in [5, 5.41) is 20.4. The molecule has 1 aromatic heterocycles. The molecular weight excluding hydrogens is 348 g/mol. The molecule has 6 heteroatoms. The molecule has 138 valence electrons. The highest BCUT2D eigenvalue weighted by molar-refractivity contribution is 6.33. The summed E-state index contributed by atoms with van der Waals surface area (Å²) in [5.74, 6) is 0.185. The predicted molar refractivity (Wildman–Crippen MR) is 107 cm³/mol. The highest BCUT2D eigenvalue weighted by atomic mass is 35.5. The van der Waals surface area contributed by atoms with Gasteiger partial charge in [0.05, 0.1) is 10.7 Å². The van der Waals surface area contributed by atoms with Gasteiger partial charge in [0.15, 0.2) is 0 Å². The van der Waals surface area contributed by atoms with E-state index in [-0.39, 0.29) is 16.6 Å². The smallest absolute Gasteiger partial charge is 0.146 e. The first kappa shape index (κ1) is 18.5. The highest BCUT2D eigenvalue weighted by Gasteiger charge is 2.26. The first-order valence-corrected chi connectivity index (χ1v) is 8.96. The van der Waals surface area contributed by atoms with Crippen molar-refractivity contribution in [1.29, 1.82) is 0 Å². The Morgan fingerprint density at radius 1 is 0.923 bits per heavy atom. The molecule has 2 aromatic carbocycles. The average molecular weight is 373 g/mol. The summed E-state index contributed by atoms with van der Waals surface area (Å²) in [6.45, 7) is 12.7. The second-order valence-corrected chi connectivity index (χ2v) is 9.15.